The largest absolute Gasteiger partial charge is 0.320 e. The summed E-state index contributed by atoms with van der Waals surface area (Å²) >= 11 is 0. The molecule has 0 aromatic heterocycles. The molecule has 0 unspecified atom stereocenters. The van der Waals surface area contributed by atoms with Crippen molar-refractivity contribution in [2.45, 2.75) is 39.0 Å². The van der Waals surface area contributed by atoms with Crippen LogP contribution in [0.2, 0.25) is 0 Å². The van der Waals surface area contributed by atoms with Crippen LogP contribution in [0.4, 0.5) is 0 Å². The van der Waals surface area contributed by atoms with Gasteiger partial charge in [0.2, 0.25) is 0 Å². The fraction of sp³-hybridized carbons (Fsp3) is 0.778. The van der Waals surface area contributed by atoms with Gasteiger partial charge in [0.1, 0.15) is 0 Å². The summed E-state index contributed by atoms with van der Waals surface area (Å²) in [7, 11) is 0. The van der Waals surface area contributed by atoms with Crippen molar-refractivity contribution in [1.82, 2.24) is 0 Å². The monoisotopic (exact) mass is 139 g/mol. The van der Waals surface area contributed by atoms with Crippen LogP contribution in [0.1, 0.15) is 39.0 Å². The van der Waals surface area contributed by atoms with Gasteiger partial charge >= 0.3 is 0 Å². The molecule has 0 aromatic carbocycles. The summed E-state index contributed by atoms with van der Waals surface area (Å²) in [4.78, 5) is 0. The van der Waals surface area contributed by atoms with Crippen LogP contribution in [0.3, 0.4) is 0 Å². The van der Waals surface area contributed by atoms with Crippen molar-refractivity contribution in [1.29, 1.82) is 0 Å². The summed E-state index contributed by atoms with van der Waals surface area (Å²) in [6.45, 7) is 2.72. The lowest BCUT2D eigenvalue weighted by Crippen LogP contribution is -1.92. The molecule has 0 bridgehead atoms. The van der Waals surface area contributed by atoms with Gasteiger partial charge in [0.05, 0.1) is 6.54 Å². The second kappa shape index (κ2) is 8.52. The van der Waals surface area contributed by atoms with Crippen LogP contribution >= 0.6 is 0 Å². The fourth-order valence-electron chi connectivity index (χ4n) is 0.801. The van der Waals surface area contributed by atoms with Crippen LogP contribution in [-0.2, 0) is 0 Å². The fourth-order valence-corrected chi connectivity index (χ4v) is 0.801. The van der Waals surface area contributed by atoms with Gasteiger partial charge in [0, 0.05) is 6.42 Å². The molecule has 0 fully saturated rings. The van der Waals surface area contributed by atoms with Crippen molar-refractivity contribution in [3.05, 3.63) is 0 Å². The van der Waals surface area contributed by atoms with Gasteiger partial charge in [-0.15, -0.1) is 5.92 Å². The predicted octanol–water partition coefficient (Wildman–Crippen LogP) is 1.92. The first-order valence-corrected chi connectivity index (χ1v) is 4.07. The van der Waals surface area contributed by atoms with E-state index in [1.165, 1.54) is 25.7 Å². The molecule has 1 nitrogen and oxygen atoms in total. The van der Waals surface area contributed by atoms with E-state index in [2.05, 4.69) is 18.8 Å². The first kappa shape index (κ1) is 9.52. The van der Waals surface area contributed by atoms with Crippen molar-refractivity contribution in [2.24, 2.45) is 5.73 Å². The highest BCUT2D eigenvalue weighted by atomic mass is 14.5. The van der Waals surface area contributed by atoms with E-state index in [1.807, 2.05) is 0 Å². The molecule has 58 valence electrons. The Hall–Kier alpha value is -0.480. The summed E-state index contributed by atoms with van der Waals surface area (Å²) in [5.74, 6) is 5.87. The summed E-state index contributed by atoms with van der Waals surface area (Å²) in [6, 6.07) is 0. The molecule has 0 aliphatic carbocycles. The van der Waals surface area contributed by atoms with Gasteiger partial charge in [-0.3, -0.25) is 0 Å². The van der Waals surface area contributed by atoms with Crippen molar-refractivity contribution >= 4 is 0 Å². The van der Waals surface area contributed by atoms with Crippen molar-refractivity contribution < 1.29 is 0 Å². The lowest BCUT2D eigenvalue weighted by molar-refractivity contribution is 0.679. The van der Waals surface area contributed by atoms with Crippen LogP contribution < -0.4 is 5.73 Å². The molecule has 0 amide bonds. The van der Waals surface area contributed by atoms with Gasteiger partial charge < -0.3 is 5.73 Å². The van der Waals surface area contributed by atoms with E-state index in [-0.39, 0.29) is 0 Å². The number of hydrogen-bond acceptors (Lipinski definition) is 1. The van der Waals surface area contributed by atoms with E-state index in [9.17, 15) is 0 Å². The quantitative estimate of drug-likeness (QED) is 0.467. The standard InChI is InChI=1S/C9H17N/c1-2-3-4-5-6-7-8-9-10/h2-6,9-10H2,1H3. The summed E-state index contributed by atoms with van der Waals surface area (Å²) in [6.07, 6.45) is 6.21. The molecule has 0 spiro atoms. The third-order valence-corrected chi connectivity index (χ3v) is 1.38. The molecule has 0 atom stereocenters. The average Bonchev–Trinajstić information content (AvgIpc) is 1.97. The number of unbranched alkanes of at least 4 members (excludes halogenated alkanes) is 4. The van der Waals surface area contributed by atoms with Gasteiger partial charge in [0.15, 0.2) is 0 Å². The summed E-state index contributed by atoms with van der Waals surface area (Å²) < 4.78 is 0. The minimum absolute atomic E-state index is 0.508. The van der Waals surface area contributed by atoms with Gasteiger partial charge in [-0.2, -0.15) is 0 Å². The Bertz CT molecular complexity index is 108. The zero-order chi connectivity index (χ0) is 7.66. The maximum atomic E-state index is 5.20. The van der Waals surface area contributed by atoms with Crippen LogP contribution in [0.15, 0.2) is 0 Å². The molecule has 0 saturated carbocycles. The summed E-state index contributed by atoms with van der Waals surface area (Å²) in [5.41, 5.74) is 5.20. The Kier molecular flexibility index (Phi) is 8.11. The summed E-state index contributed by atoms with van der Waals surface area (Å²) in [5, 5.41) is 0. The SMILES string of the molecule is CCCCCCC#CCN. The zero-order valence-electron chi connectivity index (χ0n) is 6.82. The second-order valence-electron chi connectivity index (χ2n) is 2.37. The number of rotatable bonds is 4. The topological polar surface area (TPSA) is 26.0 Å². The van der Waals surface area contributed by atoms with Gasteiger partial charge in [-0.25, -0.2) is 0 Å². The van der Waals surface area contributed by atoms with E-state index < -0.39 is 0 Å². The predicted molar refractivity (Wildman–Crippen MR) is 45.6 cm³/mol. The second-order valence-corrected chi connectivity index (χ2v) is 2.37. The van der Waals surface area contributed by atoms with Crippen molar-refractivity contribution in [3.8, 4) is 11.8 Å². The molecule has 0 radical (unpaired) electrons. The van der Waals surface area contributed by atoms with E-state index >= 15 is 0 Å². The number of nitrogens with two attached hydrogens (primary N) is 1. The highest BCUT2D eigenvalue weighted by Crippen LogP contribution is 2.00. The van der Waals surface area contributed by atoms with Crippen molar-refractivity contribution in [2.75, 3.05) is 6.54 Å². The lowest BCUT2D eigenvalue weighted by atomic mass is 10.2. The first-order chi connectivity index (χ1) is 4.91. The molecular formula is C9H17N. The van der Waals surface area contributed by atoms with Crippen molar-refractivity contribution in [3.63, 3.8) is 0 Å². The number of hydrogen-bond donors (Lipinski definition) is 1. The molecule has 1 heteroatoms. The smallest absolute Gasteiger partial charge is 0.0551 e. The Morgan fingerprint density at radius 2 is 1.90 bits per heavy atom. The Balaban J connectivity index is 2.90. The van der Waals surface area contributed by atoms with Crippen LogP contribution in [0, 0.1) is 11.8 Å². The Morgan fingerprint density at radius 1 is 1.10 bits per heavy atom. The Labute approximate surface area is 64.0 Å². The normalized spacial score (nSPS) is 8.60. The van der Waals surface area contributed by atoms with E-state index in [1.54, 1.807) is 0 Å². The molecule has 0 aromatic rings. The third kappa shape index (κ3) is 7.52. The first-order valence-electron chi connectivity index (χ1n) is 4.07. The molecule has 0 rings (SSSR count). The molecule has 0 aliphatic heterocycles. The van der Waals surface area contributed by atoms with Crippen LogP contribution in [0.25, 0.3) is 0 Å². The van der Waals surface area contributed by atoms with Gasteiger partial charge in [-0.1, -0.05) is 32.1 Å². The molecule has 0 heterocycles. The molecule has 2 N–H and O–H groups in total. The van der Waals surface area contributed by atoms with Crippen LogP contribution in [0.5, 0.6) is 0 Å². The zero-order valence-corrected chi connectivity index (χ0v) is 6.82. The molecule has 10 heavy (non-hydrogen) atoms. The maximum absolute atomic E-state index is 5.20. The average molecular weight is 139 g/mol. The minimum atomic E-state index is 0.508. The molecular weight excluding hydrogens is 122 g/mol. The van der Waals surface area contributed by atoms with Crippen LogP contribution in [-0.4, -0.2) is 6.54 Å². The lowest BCUT2D eigenvalue weighted by Gasteiger charge is -1.91. The highest BCUT2D eigenvalue weighted by molar-refractivity contribution is 4.99. The van der Waals surface area contributed by atoms with Gasteiger partial charge in [-0.05, 0) is 6.42 Å². The highest BCUT2D eigenvalue weighted by Gasteiger charge is 1.82. The third-order valence-electron chi connectivity index (χ3n) is 1.38. The van der Waals surface area contributed by atoms with Gasteiger partial charge in [0.25, 0.3) is 0 Å². The van der Waals surface area contributed by atoms with E-state index in [0.717, 1.165) is 6.42 Å². The van der Waals surface area contributed by atoms with E-state index in [4.69, 9.17) is 5.73 Å². The minimum Gasteiger partial charge on any atom is -0.320 e. The van der Waals surface area contributed by atoms with E-state index in [0.29, 0.717) is 6.54 Å². The molecule has 0 aliphatic rings. The Morgan fingerprint density at radius 3 is 2.50 bits per heavy atom. The maximum Gasteiger partial charge on any atom is 0.0551 e. The molecule has 0 saturated heterocycles.